The molecule has 10 nitrogen and oxygen atoms in total. The summed E-state index contributed by atoms with van der Waals surface area (Å²) in [4.78, 5) is 40.4. The van der Waals surface area contributed by atoms with Crippen LogP contribution in [0.4, 0.5) is 0 Å². The predicted molar refractivity (Wildman–Crippen MR) is 175 cm³/mol. The van der Waals surface area contributed by atoms with E-state index in [2.05, 4.69) is 4.72 Å². The summed E-state index contributed by atoms with van der Waals surface area (Å²) in [6.07, 6.45) is 8.41. The quantitative estimate of drug-likeness (QED) is 0.261. The van der Waals surface area contributed by atoms with Gasteiger partial charge in [-0.1, -0.05) is 36.4 Å². The van der Waals surface area contributed by atoms with E-state index in [1.54, 1.807) is 77.6 Å². The molecule has 3 aromatic carbocycles. The van der Waals surface area contributed by atoms with Crippen LogP contribution in [-0.4, -0.2) is 75.8 Å². The van der Waals surface area contributed by atoms with Crippen LogP contribution in [0.2, 0.25) is 0 Å². The first-order chi connectivity index (χ1) is 21.3. The number of benzene rings is 3. The van der Waals surface area contributed by atoms with Crippen LogP contribution in [0.5, 0.6) is 5.75 Å². The average molecular weight is 629 g/mol. The van der Waals surface area contributed by atoms with Gasteiger partial charge in [-0.25, -0.2) is 13.1 Å². The first-order valence-electron chi connectivity index (χ1n) is 14.0. The summed E-state index contributed by atoms with van der Waals surface area (Å²) in [5.74, 6) is -0.684. The van der Waals surface area contributed by atoms with Crippen LogP contribution in [0, 0.1) is 6.92 Å². The highest BCUT2D eigenvalue weighted by Gasteiger charge is 2.21. The van der Waals surface area contributed by atoms with Gasteiger partial charge in [0.1, 0.15) is 5.75 Å². The molecule has 0 saturated heterocycles. The molecule has 0 atom stereocenters. The lowest BCUT2D eigenvalue weighted by Gasteiger charge is -2.13. The molecule has 1 N–H and O–H groups in total. The molecule has 3 amide bonds. The molecule has 0 aliphatic heterocycles. The highest BCUT2D eigenvalue weighted by atomic mass is 32.2. The number of likely N-dealkylation sites (N-methyl/N-ethyl adjacent to an activating group) is 2. The Balaban J connectivity index is 1.69. The maximum Gasteiger partial charge on any atom is 0.265 e. The number of nitrogens with zero attached hydrogens (tertiary/aromatic N) is 3. The van der Waals surface area contributed by atoms with E-state index in [0.717, 1.165) is 27.6 Å². The zero-order valence-corrected chi connectivity index (χ0v) is 26.9. The van der Waals surface area contributed by atoms with Gasteiger partial charge in [0, 0.05) is 74.1 Å². The minimum atomic E-state index is -4.08. The van der Waals surface area contributed by atoms with Crippen molar-refractivity contribution < 1.29 is 27.5 Å². The third-order valence-electron chi connectivity index (χ3n) is 7.14. The first-order valence-corrected chi connectivity index (χ1v) is 15.5. The number of aryl methyl sites for hydroxylation is 1. The lowest BCUT2D eigenvalue weighted by atomic mass is 10.1. The van der Waals surface area contributed by atoms with Crippen LogP contribution >= 0.6 is 0 Å². The summed E-state index contributed by atoms with van der Waals surface area (Å²) in [7, 11) is 4.11. The van der Waals surface area contributed by atoms with Crippen molar-refractivity contribution in [3.05, 3.63) is 107 Å². The van der Waals surface area contributed by atoms with E-state index in [9.17, 15) is 22.8 Å². The molecular formula is C34H36N4O6S. The van der Waals surface area contributed by atoms with Crippen molar-refractivity contribution in [3.63, 3.8) is 0 Å². The Morgan fingerprint density at radius 3 is 2.20 bits per heavy atom. The third kappa shape index (κ3) is 7.68. The second-order valence-electron chi connectivity index (χ2n) is 10.8. The fraction of sp³-hybridized carbons (Fsp3) is 0.206. The Morgan fingerprint density at radius 1 is 0.889 bits per heavy atom. The maximum absolute atomic E-state index is 13.0. The van der Waals surface area contributed by atoms with Gasteiger partial charge in [-0.3, -0.25) is 14.4 Å². The summed E-state index contributed by atoms with van der Waals surface area (Å²) in [6, 6.07) is 17.0. The molecule has 0 saturated carbocycles. The van der Waals surface area contributed by atoms with E-state index in [-0.39, 0.29) is 22.3 Å². The Bertz CT molecular complexity index is 1940. The van der Waals surface area contributed by atoms with Crippen LogP contribution < -0.4 is 9.46 Å². The molecule has 0 bridgehead atoms. The highest BCUT2D eigenvalue weighted by Crippen LogP contribution is 2.28. The Kier molecular flexibility index (Phi) is 9.93. The molecule has 0 spiro atoms. The Morgan fingerprint density at radius 2 is 1.56 bits per heavy atom. The lowest BCUT2D eigenvalue weighted by molar-refractivity contribution is -0.124. The SMILES string of the molecule is COc1cc(C(=O)NS(=O)(=O)c2ccccc2C)ccc1Cn1cc(/C=C/C(=O)N(C)C)c2ccc(/C=C/C(=O)N(C)C)cc21. The number of amides is 3. The molecule has 4 aromatic rings. The third-order valence-corrected chi connectivity index (χ3v) is 8.63. The first kappa shape index (κ1) is 32.7. The van der Waals surface area contributed by atoms with E-state index in [1.165, 1.54) is 41.2 Å². The van der Waals surface area contributed by atoms with Crippen molar-refractivity contribution in [2.24, 2.45) is 0 Å². The normalized spacial score (nSPS) is 11.7. The number of ether oxygens (including phenoxy) is 1. The molecule has 0 aliphatic rings. The van der Waals surface area contributed by atoms with Crippen LogP contribution in [0.15, 0.2) is 83.9 Å². The largest absolute Gasteiger partial charge is 0.496 e. The van der Waals surface area contributed by atoms with E-state index in [4.69, 9.17) is 4.74 Å². The van der Waals surface area contributed by atoms with Crippen molar-refractivity contribution in [2.75, 3.05) is 35.3 Å². The molecule has 0 radical (unpaired) electrons. The van der Waals surface area contributed by atoms with E-state index in [0.29, 0.717) is 17.9 Å². The fourth-order valence-electron chi connectivity index (χ4n) is 4.63. The molecule has 0 fully saturated rings. The zero-order valence-electron chi connectivity index (χ0n) is 26.1. The average Bonchev–Trinajstić information content (AvgIpc) is 3.34. The number of rotatable bonds is 10. The number of fused-ring (bicyclic) bond motifs is 1. The van der Waals surface area contributed by atoms with Gasteiger partial charge in [0.15, 0.2) is 0 Å². The Hall–Kier alpha value is -5.16. The van der Waals surface area contributed by atoms with Crippen LogP contribution in [-0.2, 0) is 26.2 Å². The topological polar surface area (TPSA) is 118 Å². The van der Waals surface area contributed by atoms with E-state index >= 15 is 0 Å². The van der Waals surface area contributed by atoms with Gasteiger partial charge < -0.3 is 19.1 Å². The van der Waals surface area contributed by atoms with Crippen LogP contribution in [0.3, 0.4) is 0 Å². The second-order valence-corrected chi connectivity index (χ2v) is 12.5. The minimum absolute atomic E-state index is 0.0267. The van der Waals surface area contributed by atoms with E-state index < -0.39 is 15.9 Å². The zero-order chi connectivity index (χ0) is 32.9. The van der Waals surface area contributed by atoms with Gasteiger partial charge in [0.25, 0.3) is 15.9 Å². The summed E-state index contributed by atoms with van der Waals surface area (Å²) in [5, 5.41) is 0.894. The molecule has 45 heavy (non-hydrogen) atoms. The number of hydrogen-bond acceptors (Lipinski definition) is 6. The molecule has 0 aliphatic carbocycles. The van der Waals surface area contributed by atoms with Crippen LogP contribution in [0.25, 0.3) is 23.1 Å². The molecule has 1 aromatic heterocycles. The minimum Gasteiger partial charge on any atom is -0.496 e. The van der Waals surface area contributed by atoms with Gasteiger partial charge in [-0.15, -0.1) is 0 Å². The number of carbonyl (C=O) groups is 3. The van der Waals surface area contributed by atoms with Crippen molar-refractivity contribution in [3.8, 4) is 5.75 Å². The fourth-order valence-corrected chi connectivity index (χ4v) is 5.85. The summed E-state index contributed by atoms with van der Waals surface area (Å²) < 4.78 is 35.5. The monoisotopic (exact) mass is 628 g/mol. The van der Waals surface area contributed by atoms with Crippen molar-refractivity contribution in [1.82, 2.24) is 19.1 Å². The van der Waals surface area contributed by atoms with E-state index in [1.807, 2.05) is 29.0 Å². The number of nitrogens with one attached hydrogen (secondary N) is 1. The highest BCUT2D eigenvalue weighted by molar-refractivity contribution is 7.90. The van der Waals surface area contributed by atoms with Gasteiger partial charge in [0.2, 0.25) is 11.8 Å². The molecule has 1 heterocycles. The van der Waals surface area contributed by atoms with Crippen molar-refractivity contribution in [2.45, 2.75) is 18.4 Å². The summed E-state index contributed by atoms with van der Waals surface area (Å²) in [6.45, 7) is 1.99. The number of hydrogen-bond donors (Lipinski definition) is 1. The summed E-state index contributed by atoms with van der Waals surface area (Å²) in [5.41, 5.74) is 3.85. The van der Waals surface area contributed by atoms with Crippen molar-refractivity contribution in [1.29, 1.82) is 0 Å². The van der Waals surface area contributed by atoms with Gasteiger partial charge in [0.05, 0.1) is 18.6 Å². The van der Waals surface area contributed by atoms with Crippen LogP contribution in [0.1, 0.15) is 32.6 Å². The predicted octanol–water partition coefficient (Wildman–Crippen LogP) is 4.33. The number of methoxy groups -OCH3 is 1. The molecule has 4 rings (SSSR count). The lowest BCUT2D eigenvalue weighted by Crippen LogP contribution is -2.31. The Labute approximate surface area is 263 Å². The smallest absolute Gasteiger partial charge is 0.265 e. The van der Waals surface area contributed by atoms with Gasteiger partial charge in [-0.2, -0.15) is 0 Å². The second kappa shape index (κ2) is 13.6. The summed E-state index contributed by atoms with van der Waals surface area (Å²) >= 11 is 0. The molecule has 11 heteroatoms. The molecular weight excluding hydrogens is 592 g/mol. The van der Waals surface area contributed by atoms with Gasteiger partial charge >= 0.3 is 0 Å². The molecule has 234 valence electrons. The number of carbonyl (C=O) groups excluding carboxylic acids is 3. The molecule has 0 unspecified atom stereocenters. The number of sulfonamides is 1. The standard InChI is InChI=1S/C34H36N4O6S/c1-23-9-7-8-10-31(23)45(42,43)35-34(41)25-13-14-27(30(20-25)44-6)22-38-21-26(15-18-33(40)37(4)5)28-16-11-24(19-29(28)38)12-17-32(39)36(2)3/h7-21H,22H2,1-6H3,(H,35,41)/b17-12+,18-15+. The van der Waals surface area contributed by atoms with Crippen molar-refractivity contribution >= 4 is 50.8 Å². The van der Waals surface area contributed by atoms with Gasteiger partial charge in [-0.05, 0) is 54.5 Å². The maximum atomic E-state index is 13.0. The number of aromatic nitrogens is 1.